The van der Waals surface area contributed by atoms with Crippen LogP contribution in [0.25, 0.3) is 0 Å². The maximum absolute atomic E-state index is 8.61. The molecule has 0 amide bonds. The van der Waals surface area contributed by atoms with Crippen molar-refractivity contribution in [2.75, 3.05) is 44.9 Å². The van der Waals surface area contributed by atoms with Gasteiger partial charge in [-0.25, -0.2) is 0 Å². The van der Waals surface area contributed by atoms with Crippen LogP contribution < -0.4 is 26.7 Å². The van der Waals surface area contributed by atoms with Crippen LogP contribution in [0.2, 0.25) is 0 Å². The molecule has 0 heterocycles. The highest BCUT2D eigenvalue weighted by molar-refractivity contribution is 5.67. The highest BCUT2D eigenvalue weighted by Crippen LogP contribution is 2.32. The summed E-state index contributed by atoms with van der Waals surface area (Å²) in [6.45, 7) is 4.76. The molecule has 0 unspecified atom stereocenters. The summed E-state index contributed by atoms with van der Waals surface area (Å²) in [4.78, 5) is 0. The van der Waals surface area contributed by atoms with E-state index >= 15 is 0 Å². The first-order chi connectivity index (χ1) is 10.4. The zero-order chi connectivity index (χ0) is 17.5. The Morgan fingerprint density at radius 1 is 1.00 bits per heavy atom. The topological polar surface area (TPSA) is 157 Å². The van der Waals surface area contributed by atoms with Crippen LogP contribution in [-0.2, 0) is 0 Å². The van der Waals surface area contributed by atoms with Crippen molar-refractivity contribution in [1.82, 2.24) is 0 Å². The molecule has 0 saturated carbocycles. The second-order valence-corrected chi connectivity index (χ2v) is 3.81. The number of hydrogen-bond donors (Lipinski definition) is 6. The zero-order valence-electron chi connectivity index (χ0n) is 13.1. The molecule has 0 bridgehead atoms. The van der Waals surface area contributed by atoms with Crippen molar-refractivity contribution < 1.29 is 24.8 Å². The fourth-order valence-corrected chi connectivity index (χ4v) is 1.15. The third-order valence-electron chi connectivity index (χ3n) is 1.84. The maximum atomic E-state index is 8.61. The Labute approximate surface area is 130 Å². The lowest BCUT2D eigenvalue weighted by atomic mass is 10.2. The van der Waals surface area contributed by atoms with E-state index in [0.29, 0.717) is 22.9 Å². The minimum atomic E-state index is -0.0951. The highest BCUT2D eigenvalue weighted by Gasteiger charge is 2.07. The average Bonchev–Trinajstić information content (AvgIpc) is 2.47. The van der Waals surface area contributed by atoms with Gasteiger partial charge in [-0.05, 0) is 14.0 Å². The molecule has 9 N–H and O–H groups in total. The molecule has 128 valence electrons. The molecule has 8 heteroatoms. The summed E-state index contributed by atoms with van der Waals surface area (Å²) in [5, 5.41) is 25.1. The van der Waals surface area contributed by atoms with Crippen LogP contribution in [0.5, 0.6) is 11.5 Å². The highest BCUT2D eigenvalue weighted by atomic mass is 16.5. The van der Waals surface area contributed by atoms with Crippen molar-refractivity contribution in [1.29, 1.82) is 0 Å². The normalized spacial score (nSPS) is 8.77. The molecule has 0 aliphatic carbocycles. The fraction of sp³-hybridized carbons (Fsp3) is 0.429. The molecular formula is C14H27N3O5. The molecule has 1 rings (SSSR count). The predicted molar refractivity (Wildman–Crippen MR) is 88.0 cm³/mol. The first-order valence-corrected chi connectivity index (χ1v) is 6.50. The minimum absolute atomic E-state index is 0.0951. The lowest BCUT2D eigenvalue weighted by Gasteiger charge is -2.12. The van der Waals surface area contributed by atoms with Crippen LogP contribution in [0.3, 0.4) is 0 Å². The molecule has 0 atom stereocenters. The standard InChI is InChI=1S/C10H16N2O4.C3H6O.CH5N/c11-7-6-10(16-4-2-14)8(12)5-9(7)15-3-1-13;1-3(2)4;1-2/h5-6,13-14H,1-4,11-12H2;4H,1H2,2H3;2H2,1H3. The largest absolute Gasteiger partial charge is 0.513 e. The van der Waals surface area contributed by atoms with Gasteiger partial charge in [0, 0.05) is 12.1 Å². The Hall–Kier alpha value is -2.16. The van der Waals surface area contributed by atoms with Gasteiger partial charge in [0.05, 0.1) is 30.3 Å². The quantitative estimate of drug-likeness (QED) is 0.322. The number of nitrogen functional groups attached to an aromatic ring is 2. The van der Waals surface area contributed by atoms with E-state index in [1.807, 2.05) is 0 Å². The van der Waals surface area contributed by atoms with Gasteiger partial charge in [-0.1, -0.05) is 6.58 Å². The van der Waals surface area contributed by atoms with Gasteiger partial charge < -0.3 is 42.0 Å². The van der Waals surface area contributed by atoms with Crippen molar-refractivity contribution in [2.24, 2.45) is 5.73 Å². The van der Waals surface area contributed by atoms with Crippen molar-refractivity contribution in [3.05, 3.63) is 24.5 Å². The first kappa shape index (κ1) is 22.1. The number of ether oxygens (including phenoxy) is 2. The maximum Gasteiger partial charge on any atom is 0.144 e. The van der Waals surface area contributed by atoms with Crippen LogP contribution in [0.1, 0.15) is 6.92 Å². The number of aliphatic hydroxyl groups is 3. The molecule has 0 aliphatic rings. The first-order valence-electron chi connectivity index (χ1n) is 6.50. The van der Waals surface area contributed by atoms with Crippen LogP contribution >= 0.6 is 0 Å². The summed E-state index contributed by atoms with van der Waals surface area (Å²) < 4.78 is 10.3. The molecule has 1 aromatic rings. The summed E-state index contributed by atoms with van der Waals surface area (Å²) in [7, 11) is 1.50. The molecule has 0 aliphatic heterocycles. The van der Waals surface area contributed by atoms with Crippen LogP contribution in [0, 0.1) is 0 Å². The van der Waals surface area contributed by atoms with Crippen molar-refractivity contribution in [3.8, 4) is 11.5 Å². The number of rotatable bonds is 6. The van der Waals surface area contributed by atoms with E-state index in [1.54, 1.807) is 0 Å². The van der Waals surface area contributed by atoms with Gasteiger partial charge in [-0.3, -0.25) is 0 Å². The summed E-state index contributed by atoms with van der Waals surface area (Å²) in [6.07, 6.45) is 0. The Bertz CT molecular complexity index is 389. The predicted octanol–water partition coefficient (Wildman–Crippen LogP) is 0.246. The molecule has 22 heavy (non-hydrogen) atoms. The average molecular weight is 317 g/mol. The second kappa shape index (κ2) is 13.8. The second-order valence-electron chi connectivity index (χ2n) is 3.81. The molecule has 0 aromatic heterocycles. The number of nitrogens with two attached hydrogens (primary N) is 3. The number of benzene rings is 1. The minimum Gasteiger partial charge on any atom is -0.513 e. The summed E-state index contributed by atoms with van der Waals surface area (Å²) >= 11 is 0. The molecule has 0 spiro atoms. The smallest absolute Gasteiger partial charge is 0.144 e. The summed E-state index contributed by atoms with van der Waals surface area (Å²) in [6, 6.07) is 3.05. The Morgan fingerprint density at radius 2 is 1.27 bits per heavy atom. The number of allylic oxidation sites excluding steroid dienone is 1. The van der Waals surface area contributed by atoms with E-state index in [4.69, 9.17) is 36.3 Å². The van der Waals surface area contributed by atoms with E-state index in [2.05, 4.69) is 12.3 Å². The fourth-order valence-electron chi connectivity index (χ4n) is 1.15. The molecule has 0 saturated heterocycles. The van der Waals surface area contributed by atoms with Gasteiger partial charge in [0.25, 0.3) is 0 Å². The van der Waals surface area contributed by atoms with Gasteiger partial charge in [0.2, 0.25) is 0 Å². The van der Waals surface area contributed by atoms with Crippen molar-refractivity contribution in [2.45, 2.75) is 6.92 Å². The lowest BCUT2D eigenvalue weighted by Crippen LogP contribution is -2.07. The van der Waals surface area contributed by atoms with E-state index in [-0.39, 0.29) is 32.2 Å². The Balaban J connectivity index is 0. The molecule has 1 aromatic carbocycles. The molecular weight excluding hydrogens is 290 g/mol. The molecule has 0 radical (unpaired) electrons. The van der Waals surface area contributed by atoms with Gasteiger partial charge in [0.15, 0.2) is 0 Å². The molecule has 8 nitrogen and oxygen atoms in total. The summed E-state index contributed by atoms with van der Waals surface area (Å²) in [5.41, 5.74) is 16.6. The van der Waals surface area contributed by atoms with Crippen molar-refractivity contribution in [3.63, 3.8) is 0 Å². The zero-order valence-corrected chi connectivity index (χ0v) is 13.1. The number of anilines is 2. The third-order valence-corrected chi connectivity index (χ3v) is 1.84. The van der Waals surface area contributed by atoms with Gasteiger partial charge >= 0.3 is 0 Å². The van der Waals surface area contributed by atoms with E-state index in [0.717, 1.165) is 0 Å². The van der Waals surface area contributed by atoms with Gasteiger partial charge in [0.1, 0.15) is 24.7 Å². The van der Waals surface area contributed by atoms with E-state index in [1.165, 1.54) is 26.1 Å². The molecule has 0 fully saturated rings. The SMILES string of the molecule is C=C(C)O.CN.Nc1cc(OCCO)c(N)cc1OCCO. The lowest BCUT2D eigenvalue weighted by molar-refractivity contribution is 0.199. The van der Waals surface area contributed by atoms with E-state index < -0.39 is 0 Å². The Kier molecular flexibility index (Phi) is 13.9. The van der Waals surface area contributed by atoms with E-state index in [9.17, 15) is 0 Å². The monoisotopic (exact) mass is 317 g/mol. The third kappa shape index (κ3) is 10.6. The summed E-state index contributed by atoms with van der Waals surface area (Å²) in [5.74, 6) is 0.978. The number of aliphatic hydroxyl groups excluding tert-OH is 3. The van der Waals surface area contributed by atoms with Gasteiger partial charge in [-0.15, -0.1) is 0 Å². The van der Waals surface area contributed by atoms with Gasteiger partial charge in [-0.2, -0.15) is 0 Å². The van der Waals surface area contributed by atoms with Crippen LogP contribution in [0.15, 0.2) is 24.5 Å². The number of hydrogen-bond acceptors (Lipinski definition) is 8. The Morgan fingerprint density at radius 3 is 1.50 bits per heavy atom. The van der Waals surface area contributed by atoms with Crippen molar-refractivity contribution >= 4 is 11.4 Å². The van der Waals surface area contributed by atoms with Crippen LogP contribution in [0.4, 0.5) is 11.4 Å². The van der Waals surface area contributed by atoms with Crippen LogP contribution in [-0.4, -0.2) is 48.8 Å².